The minimum Gasteiger partial charge on any atom is -0.481 e. The van der Waals surface area contributed by atoms with Crippen LogP contribution in [0.3, 0.4) is 0 Å². The van der Waals surface area contributed by atoms with Gasteiger partial charge in [-0.2, -0.15) is 0 Å². The van der Waals surface area contributed by atoms with Gasteiger partial charge in [0.15, 0.2) is 0 Å². The monoisotopic (exact) mass is 180 g/mol. The Morgan fingerprint density at radius 2 is 2.38 bits per heavy atom. The summed E-state index contributed by atoms with van der Waals surface area (Å²) in [4.78, 5) is 11.0. The first-order valence-electron chi connectivity index (χ1n) is 4.55. The van der Waals surface area contributed by atoms with Crippen molar-refractivity contribution in [3.63, 3.8) is 0 Å². The number of carbonyl (C=O) groups is 1. The van der Waals surface area contributed by atoms with Crippen LogP contribution in [-0.4, -0.2) is 11.1 Å². The third-order valence-electron chi connectivity index (χ3n) is 2.74. The summed E-state index contributed by atoms with van der Waals surface area (Å²) in [5.74, 6) is -0.316. The van der Waals surface area contributed by atoms with Gasteiger partial charge in [0, 0.05) is 0 Å². The van der Waals surface area contributed by atoms with Crippen molar-refractivity contribution in [2.24, 2.45) is 5.92 Å². The second kappa shape index (κ2) is 3.24. The molecule has 0 aromatic carbocycles. The summed E-state index contributed by atoms with van der Waals surface area (Å²) in [5, 5.41) is 9.02. The average Bonchev–Trinajstić information content (AvgIpc) is 2.46. The number of furan rings is 1. The zero-order valence-corrected chi connectivity index (χ0v) is 7.27. The molecular weight excluding hydrogens is 168 g/mol. The molecule has 70 valence electrons. The first kappa shape index (κ1) is 8.35. The quantitative estimate of drug-likeness (QED) is 0.776. The molecule has 1 heterocycles. The van der Waals surface area contributed by atoms with Gasteiger partial charge in [-0.15, -0.1) is 0 Å². The Balaban J connectivity index is 2.18. The highest BCUT2D eigenvalue weighted by Gasteiger charge is 2.35. The first-order valence-corrected chi connectivity index (χ1v) is 4.55. The third-order valence-corrected chi connectivity index (χ3v) is 2.74. The van der Waals surface area contributed by atoms with Gasteiger partial charge >= 0.3 is 5.97 Å². The molecule has 1 atom stereocenters. The molecule has 0 radical (unpaired) electrons. The van der Waals surface area contributed by atoms with E-state index >= 15 is 0 Å². The van der Waals surface area contributed by atoms with Crippen molar-refractivity contribution < 1.29 is 14.3 Å². The van der Waals surface area contributed by atoms with Crippen LogP contribution in [0.5, 0.6) is 0 Å². The van der Waals surface area contributed by atoms with Crippen LogP contribution < -0.4 is 0 Å². The van der Waals surface area contributed by atoms with Crippen LogP contribution in [0.4, 0.5) is 0 Å². The van der Waals surface area contributed by atoms with Gasteiger partial charge in [0.05, 0.1) is 6.26 Å². The molecule has 0 spiro atoms. The molecule has 0 amide bonds. The van der Waals surface area contributed by atoms with Crippen molar-refractivity contribution in [2.45, 2.75) is 25.2 Å². The number of carboxylic acids is 1. The Labute approximate surface area is 76.4 Å². The molecule has 1 unspecified atom stereocenters. The zero-order chi connectivity index (χ0) is 9.26. The normalized spacial score (nSPS) is 19.4. The molecule has 1 aliphatic carbocycles. The smallest absolute Gasteiger partial charge is 0.314 e. The highest BCUT2D eigenvalue weighted by Crippen LogP contribution is 2.39. The van der Waals surface area contributed by atoms with Crippen LogP contribution >= 0.6 is 0 Å². The maximum atomic E-state index is 11.0. The molecular formula is C10H12O3. The lowest BCUT2D eigenvalue weighted by Crippen LogP contribution is -2.26. The first-order chi connectivity index (χ1) is 6.29. The lowest BCUT2D eigenvalue weighted by molar-refractivity contribution is -0.141. The summed E-state index contributed by atoms with van der Waals surface area (Å²) in [6, 6.07) is 3.49. The number of aliphatic carboxylic acids is 1. The van der Waals surface area contributed by atoms with Gasteiger partial charge in [-0.25, -0.2) is 0 Å². The minimum absolute atomic E-state index is 0.281. The van der Waals surface area contributed by atoms with Crippen LogP contribution in [-0.2, 0) is 4.79 Å². The van der Waals surface area contributed by atoms with Crippen LogP contribution in [0.25, 0.3) is 0 Å². The molecule has 13 heavy (non-hydrogen) atoms. The van der Waals surface area contributed by atoms with Crippen LogP contribution in [0.2, 0.25) is 0 Å². The van der Waals surface area contributed by atoms with Crippen LogP contribution in [0.1, 0.15) is 30.9 Å². The Kier molecular flexibility index (Phi) is 2.08. The van der Waals surface area contributed by atoms with E-state index < -0.39 is 11.9 Å². The van der Waals surface area contributed by atoms with Crippen molar-refractivity contribution in [3.8, 4) is 0 Å². The van der Waals surface area contributed by atoms with E-state index in [0.717, 1.165) is 19.3 Å². The standard InChI is InChI=1S/C10H12O3/c11-10(12)9(7-3-1-4-7)8-5-2-6-13-8/h2,5-7,9H,1,3-4H2,(H,11,12). The summed E-state index contributed by atoms with van der Waals surface area (Å²) < 4.78 is 5.13. The van der Waals surface area contributed by atoms with E-state index in [9.17, 15) is 4.79 Å². The molecule has 1 fully saturated rings. The number of hydrogen-bond donors (Lipinski definition) is 1. The van der Waals surface area contributed by atoms with Gasteiger partial charge in [-0.3, -0.25) is 4.79 Å². The Bertz CT molecular complexity index is 285. The van der Waals surface area contributed by atoms with Crippen molar-refractivity contribution in [1.82, 2.24) is 0 Å². The van der Waals surface area contributed by atoms with E-state index in [0.29, 0.717) is 5.76 Å². The van der Waals surface area contributed by atoms with E-state index in [-0.39, 0.29) is 5.92 Å². The van der Waals surface area contributed by atoms with Crippen molar-refractivity contribution in [2.75, 3.05) is 0 Å². The summed E-state index contributed by atoms with van der Waals surface area (Å²) in [6.07, 6.45) is 4.70. The van der Waals surface area contributed by atoms with E-state index in [1.807, 2.05) is 0 Å². The maximum Gasteiger partial charge on any atom is 0.314 e. The van der Waals surface area contributed by atoms with E-state index in [2.05, 4.69) is 0 Å². The lowest BCUT2D eigenvalue weighted by Gasteiger charge is -2.29. The Morgan fingerprint density at radius 3 is 2.77 bits per heavy atom. The molecule has 1 aromatic heterocycles. The molecule has 0 aliphatic heterocycles. The second-order valence-corrected chi connectivity index (χ2v) is 3.52. The van der Waals surface area contributed by atoms with Gasteiger partial charge in [0.25, 0.3) is 0 Å². The summed E-state index contributed by atoms with van der Waals surface area (Å²) in [6.45, 7) is 0. The fraction of sp³-hybridized carbons (Fsp3) is 0.500. The predicted molar refractivity (Wildman–Crippen MR) is 46.4 cm³/mol. The van der Waals surface area contributed by atoms with Gasteiger partial charge in [0.1, 0.15) is 11.7 Å². The number of rotatable bonds is 3. The predicted octanol–water partition coefficient (Wildman–Crippen LogP) is 2.25. The van der Waals surface area contributed by atoms with Crippen molar-refractivity contribution >= 4 is 5.97 Å². The Morgan fingerprint density at radius 1 is 1.62 bits per heavy atom. The molecule has 2 rings (SSSR count). The highest BCUT2D eigenvalue weighted by molar-refractivity contribution is 5.75. The van der Waals surface area contributed by atoms with E-state index in [1.54, 1.807) is 12.1 Å². The van der Waals surface area contributed by atoms with Gasteiger partial charge < -0.3 is 9.52 Å². The summed E-state index contributed by atoms with van der Waals surface area (Å²) in [7, 11) is 0. The summed E-state index contributed by atoms with van der Waals surface area (Å²) in [5.41, 5.74) is 0. The average molecular weight is 180 g/mol. The molecule has 1 aliphatic rings. The molecule has 0 bridgehead atoms. The fourth-order valence-electron chi connectivity index (χ4n) is 1.80. The highest BCUT2D eigenvalue weighted by atomic mass is 16.4. The molecule has 3 heteroatoms. The van der Waals surface area contributed by atoms with Gasteiger partial charge in [0.2, 0.25) is 0 Å². The number of carboxylic acid groups (broad SMARTS) is 1. The van der Waals surface area contributed by atoms with E-state index in [4.69, 9.17) is 9.52 Å². The van der Waals surface area contributed by atoms with E-state index in [1.165, 1.54) is 6.26 Å². The SMILES string of the molecule is O=C(O)C(c1ccco1)C1CCC1. The van der Waals surface area contributed by atoms with Crippen molar-refractivity contribution in [1.29, 1.82) is 0 Å². The van der Waals surface area contributed by atoms with Gasteiger partial charge in [-0.05, 0) is 30.9 Å². The number of hydrogen-bond acceptors (Lipinski definition) is 2. The fourth-order valence-corrected chi connectivity index (χ4v) is 1.80. The van der Waals surface area contributed by atoms with Crippen LogP contribution in [0, 0.1) is 5.92 Å². The maximum absolute atomic E-state index is 11.0. The lowest BCUT2D eigenvalue weighted by atomic mass is 9.75. The molecule has 1 saturated carbocycles. The third kappa shape index (κ3) is 1.46. The molecule has 1 N–H and O–H groups in total. The second-order valence-electron chi connectivity index (χ2n) is 3.52. The van der Waals surface area contributed by atoms with Crippen LogP contribution in [0.15, 0.2) is 22.8 Å². The van der Waals surface area contributed by atoms with Crippen molar-refractivity contribution in [3.05, 3.63) is 24.2 Å². The minimum atomic E-state index is -0.764. The topological polar surface area (TPSA) is 50.4 Å². The molecule has 0 saturated heterocycles. The van der Waals surface area contributed by atoms with Gasteiger partial charge in [-0.1, -0.05) is 6.42 Å². The summed E-state index contributed by atoms with van der Waals surface area (Å²) >= 11 is 0. The molecule has 1 aromatic rings. The molecule has 3 nitrogen and oxygen atoms in total. The zero-order valence-electron chi connectivity index (χ0n) is 7.27. The largest absolute Gasteiger partial charge is 0.481 e. The Hall–Kier alpha value is -1.25.